The summed E-state index contributed by atoms with van der Waals surface area (Å²) in [4.78, 5) is 23.5. The fourth-order valence-electron chi connectivity index (χ4n) is 1.70. The first-order valence-corrected chi connectivity index (χ1v) is 6.01. The monoisotopic (exact) mass is 266 g/mol. The van der Waals surface area contributed by atoms with Crippen molar-refractivity contribution in [3.63, 3.8) is 0 Å². The van der Waals surface area contributed by atoms with Gasteiger partial charge in [-0.3, -0.25) is 10.1 Å². The first-order chi connectivity index (χ1) is 9.05. The van der Waals surface area contributed by atoms with Gasteiger partial charge in [0.1, 0.15) is 12.3 Å². The van der Waals surface area contributed by atoms with Crippen LogP contribution in [0.3, 0.4) is 0 Å². The minimum absolute atomic E-state index is 0.227. The summed E-state index contributed by atoms with van der Waals surface area (Å²) >= 11 is 0. The maximum Gasteiger partial charge on any atom is 0.321 e. The van der Waals surface area contributed by atoms with Crippen molar-refractivity contribution in [2.24, 2.45) is 0 Å². The lowest BCUT2D eigenvalue weighted by molar-refractivity contribution is -0.885. The molecule has 3 amide bonds. The number of methoxy groups -OCH3 is 1. The first-order valence-electron chi connectivity index (χ1n) is 6.01. The minimum atomic E-state index is -0.487. The number of benzene rings is 1. The Balaban J connectivity index is 2.48. The number of amides is 3. The van der Waals surface area contributed by atoms with E-state index >= 15 is 0 Å². The number of urea groups is 1. The van der Waals surface area contributed by atoms with Gasteiger partial charge in [0.25, 0.3) is 5.91 Å². The van der Waals surface area contributed by atoms with Crippen molar-refractivity contribution >= 4 is 11.9 Å². The van der Waals surface area contributed by atoms with E-state index in [9.17, 15) is 9.59 Å². The fourth-order valence-corrected chi connectivity index (χ4v) is 1.70. The third kappa shape index (κ3) is 5.39. The lowest BCUT2D eigenvalue weighted by Gasteiger charge is -2.13. The molecule has 0 fully saturated rings. The van der Waals surface area contributed by atoms with E-state index in [1.165, 1.54) is 7.05 Å². The van der Waals surface area contributed by atoms with Crippen molar-refractivity contribution in [3.05, 3.63) is 29.8 Å². The molecule has 0 aliphatic heterocycles. The number of ether oxygens (including phenoxy) is 1. The van der Waals surface area contributed by atoms with Crippen molar-refractivity contribution in [2.75, 3.05) is 27.7 Å². The molecule has 0 bridgehead atoms. The topological polar surface area (TPSA) is 71.9 Å². The Kier molecular flexibility index (Phi) is 5.81. The Bertz CT molecular complexity index is 449. The molecular weight excluding hydrogens is 246 g/mol. The molecule has 6 nitrogen and oxygen atoms in total. The summed E-state index contributed by atoms with van der Waals surface area (Å²) in [6, 6.07) is 7.20. The minimum Gasteiger partial charge on any atom is -0.497 e. The zero-order chi connectivity index (χ0) is 14.3. The molecule has 0 radical (unpaired) electrons. The lowest BCUT2D eigenvalue weighted by atomic mass is 10.2. The molecule has 1 aromatic carbocycles. The molecule has 104 valence electrons. The molecule has 6 heteroatoms. The van der Waals surface area contributed by atoms with E-state index in [4.69, 9.17) is 4.74 Å². The molecular formula is C13H20N3O3+. The van der Waals surface area contributed by atoms with Crippen LogP contribution in [-0.4, -0.2) is 39.7 Å². The van der Waals surface area contributed by atoms with Gasteiger partial charge in [-0.25, -0.2) is 4.79 Å². The Hall–Kier alpha value is -2.08. The lowest BCUT2D eigenvalue weighted by Crippen LogP contribution is -3.09. The molecule has 0 aliphatic rings. The van der Waals surface area contributed by atoms with Crippen molar-refractivity contribution in [1.29, 1.82) is 0 Å². The van der Waals surface area contributed by atoms with Gasteiger partial charge in [0.05, 0.1) is 14.2 Å². The molecule has 0 saturated carbocycles. The van der Waals surface area contributed by atoms with Crippen LogP contribution in [-0.2, 0) is 11.3 Å². The van der Waals surface area contributed by atoms with Gasteiger partial charge in [-0.2, -0.15) is 0 Å². The molecule has 3 N–H and O–H groups in total. The Morgan fingerprint density at radius 3 is 2.74 bits per heavy atom. The van der Waals surface area contributed by atoms with Crippen LogP contribution in [0.2, 0.25) is 0 Å². The summed E-state index contributed by atoms with van der Waals surface area (Å²) in [5.41, 5.74) is 1.07. The largest absolute Gasteiger partial charge is 0.497 e. The number of hydrogen-bond acceptors (Lipinski definition) is 3. The number of carbonyl (C=O) groups is 2. The summed E-state index contributed by atoms with van der Waals surface area (Å²) in [7, 11) is 4.98. The molecule has 1 atom stereocenters. The third-order valence-corrected chi connectivity index (χ3v) is 2.58. The smallest absolute Gasteiger partial charge is 0.321 e. The van der Waals surface area contributed by atoms with Gasteiger partial charge in [0.2, 0.25) is 0 Å². The van der Waals surface area contributed by atoms with E-state index < -0.39 is 6.03 Å². The molecule has 0 saturated heterocycles. The quantitative estimate of drug-likeness (QED) is 0.651. The Morgan fingerprint density at radius 1 is 1.37 bits per heavy atom. The maximum atomic E-state index is 11.5. The van der Waals surface area contributed by atoms with Gasteiger partial charge in [-0.1, -0.05) is 12.1 Å². The number of nitrogens with one attached hydrogen (secondary N) is 3. The fraction of sp³-hybridized carbons (Fsp3) is 0.385. The second kappa shape index (κ2) is 7.38. The van der Waals surface area contributed by atoms with E-state index in [-0.39, 0.29) is 12.5 Å². The Labute approximate surface area is 112 Å². The molecule has 1 rings (SSSR count). The number of rotatable bonds is 5. The van der Waals surface area contributed by atoms with Crippen LogP contribution in [0.5, 0.6) is 5.75 Å². The maximum absolute atomic E-state index is 11.5. The van der Waals surface area contributed by atoms with E-state index in [0.717, 1.165) is 16.2 Å². The predicted octanol–water partition coefficient (Wildman–Crippen LogP) is -0.834. The number of imide groups is 1. The third-order valence-electron chi connectivity index (χ3n) is 2.58. The highest BCUT2D eigenvalue weighted by Crippen LogP contribution is 2.11. The van der Waals surface area contributed by atoms with Crippen LogP contribution < -0.4 is 20.3 Å². The van der Waals surface area contributed by atoms with Crippen molar-refractivity contribution in [2.45, 2.75) is 6.54 Å². The highest BCUT2D eigenvalue weighted by atomic mass is 16.5. The summed E-state index contributed by atoms with van der Waals surface area (Å²) in [5, 5.41) is 4.57. The molecule has 19 heavy (non-hydrogen) atoms. The van der Waals surface area contributed by atoms with Gasteiger partial charge in [0, 0.05) is 12.6 Å². The second-order valence-electron chi connectivity index (χ2n) is 4.29. The number of likely N-dealkylation sites (N-methyl/N-ethyl adjacent to an activating group) is 1. The SMILES string of the molecule is CNC(=O)NC(=O)C[NH+](C)Cc1cccc(OC)c1. The Morgan fingerprint density at radius 2 is 2.11 bits per heavy atom. The van der Waals surface area contributed by atoms with Gasteiger partial charge in [-0.15, -0.1) is 0 Å². The van der Waals surface area contributed by atoms with Crippen LogP contribution in [0.1, 0.15) is 5.56 Å². The number of carbonyl (C=O) groups excluding carboxylic acids is 2. The van der Waals surface area contributed by atoms with Gasteiger partial charge in [0.15, 0.2) is 6.54 Å². The molecule has 0 aromatic heterocycles. The zero-order valence-corrected chi connectivity index (χ0v) is 11.4. The van der Waals surface area contributed by atoms with E-state index in [1.807, 2.05) is 31.3 Å². The zero-order valence-electron chi connectivity index (χ0n) is 11.4. The number of hydrogen-bond donors (Lipinski definition) is 3. The predicted molar refractivity (Wildman–Crippen MR) is 71.1 cm³/mol. The van der Waals surface area contributed by atoms with Crippen LogP contribution in [0.15, 0.2) is 24.3 Å². The summed E-state index contributed by atoms with van der Waals surface area (Å²) in [6.07, 6.45) is 0. The molecule has 1 unspecified atom stereocenters. The molecule has 0 heterocycles. The van der Waals surface area contributed by atoms with Gasteiger partial charge >= 0.3 is 6.03 Å². The van der Waals surface area contributed by atoms with Crippen molar-refractivity contribution in [1.82, 2.24) is 10.6 Å². The van der Waals surface area contributed by atoms with Gasteiger partial charge < -0.3 is 15.0 Å². The van der Waals surface area contributed by atoms with E-state index in [0.29, 0.717) is 6.54 Å². The van der Waals surface area contributed by atoms with Crippen molar-refractivity contribution < 1.29 is 19.2 Å². The standard InChI is InChI=1S/C13H19N3O3/c1-14-13(18)15-12(17)9-16(2)8-10-5-4-6-11(7-10)19-3/h4-7H,8-9H2,1-3H3,(H2,14,15,17,18)/p+1. The summed E-state index contributed by atoms with van der Waals surface area (Å²) < 4.78 is 5.14. The molecule has 0 aliphatic carbocycles. The van der Waals surface area contributed by atoms with Crippen LogP contribution in [0.4, 0.5) is 4.79 Å². The van der Waals surface area contributed by atoms with Crippen LogP contribution in [0, 0.1) is 0 Å². The normalized spacial score (nSPS) is 11.5. The molecule has 1 aromatic rings. The van der Waals surface area contributed by atoms with E-state index in [1.54, 1.807) is 7.11 Å². The average molecular weight is 266 g/mol. The first kappa shape index (κ1) is 15.0. The second-order valence-corrected chi connectivity index (χ2v) is 4.29. The van der Waals surface area contributed by atoms with Crippen LogP contribution in [0.25, 0.3) is 0 Å². The number of quaternary nitrogens is 1. The van der Waals surface area contributed by atoms with Crippen LogP contribution >= 0.6 is 0 Å². The molecule has 0 spiro atoms. The summed E-state index contributed by atoms with van der Waals surface area (Å²) in [5.74, 6) is 0.486. The highest BCUT2D eigenvalue weighted by Gasteiger charge is 2.12. The van der Waals surface area contributed by atoms with E-state index in [2.05, 4.69) is 10.6 Å². The van der Waals surface area contributed by atoms with Gasteiger partial charge in [-0.05, 0) is 12.1 Å². The summed E-state index contributed by atoms with van der Waals surface area (Å²) in [6.45, 7) is 0.906. The highest BCUT2D eigenvalue weighted by molar-refractivity contribution is 5.94. The van der Waals surface area contributed by atoms with Crippen molar-refractivity contribution in [3.8, 4) is 5.75 Å². The average Bonchev–Trinajstić information content (AvgIpc) is 2.38.